The first-order chi connectivity index (χ1) is 10.6. The third kappa shape index (κ3) is 2.78. The Morgan fingerprint density at radius 2 is 1.95 bits per heavy atom. The second-order valence-corrected chi connectivity index (χ2v) is 6.29. The molecule has 1 aromatic carbocycles. The summed E-state index contributed by atoms with van der Waals surface area (Å²) in [7, 11) is 0. The highest BCUT2D eigenvalue weighted by Crippen LogP contribution is 2.28. The number of amides is 1. The molecule has 0 bridgehead atoms. The smallest absolute Gasteiger partial charge is 0.223 e. The topological polar surface area (TPSA) is 46.9 Å². The summed E-state index contributed by atoms with van der Waals surface area (Å²) in [5, 5.41) is 7.61. The Kier molecular flexibility index (Phi) is 4.01. The van der Waals surface area contributed by atoms with E-state index in [0.717, 1.165) is 29.8 Å². The molecule has 0 saturated heterocycles. The molecule has 3 rings (SSSR count). The van der Waals surface area contributed by atoms with Gasteiger partial charge in [-0.1, -0.05) is 24.1 Å². The number of carbonyl (C=O) groups excluding carboxylic acids is 1. The van der Waals surface area contributed by atoms with E-state index in [4.69, 9.17) is 0 Å². The minimum Gasteiger partial charge on any atom is -0.349 e. The zero-order valence-electron chi connectivity index (χ0n) is 13.5. The van der Waals surface area contributed by atoms with Gasteiger partial charge in [0.1, 0.15) is 0 Å². The molecular formula is C18H23N3O. The summed E-state index contributed by atoms with van der Waals surface area (Å²) in [6.07, 6.45) is 5.10. The van der Waals surface area contributed by atoms with E-state index in [1.54, 1.807) is 0 Å². The molecule has 22 heavy (non-hydrogen) atoms. The molecule has 4 nitrogen and oxygen atoms in total. The highest BCUT2D eigenvalue weighted by molar-refractivity contribution is 5.79. The molecule has 1 aliphatic rings. The van der Waals surface area contributed by atoms with E-state index < -0.39 is 0 Å². The average Bonchev–Trinajstić information content (AvgIpc) is 2.79. The van der Waals surface area contributed by atoms with Crippen LogP contribution in [-0.2, 0) is 4.79 Å². The molecule has 1 saturated carbocycles. The summed E-state index contributed by atoms with van der Waals surface area (Å²) < 4.78 is 1.93. The number of carbonyl (C=O) groups is 1. The molecule has 0 spiro atoms. The van der Waals surface area contributed by atoms with E-state index in [2.05, 4.69) is 41.6 Å². The van der Waals surface area contributed by atoms with E-state index in [-0.39, 0.29) is 17.9 Å². The molecule has 1 aliphatic carbocycles. The number of nitrogens with one attached hydrogen (secondary N) is 1. The molecule has 1 atom stereocenters. The first-order valence-electron chi connectivity index (χ1n) is 7.98. The molecule has 0 aliphatic heterocycles. The van der Waals surface area contributed by atoms with Crippen LogP contribution in [0.4, 0.5) is 0 Å². The van der Waals surface area contributed by atoms with E-state index in [9.17, 15) is 4.79 Å². The van der Waals surface area contributed by atoms with Gasteiger partial charge in [0.15, 0.2) is 0 Å². The predicted octanol–water partition coefficient (Wildman–Crippen LogP) is 3.47. The third-order valence-electron chi connectivity index (χ3n) is 4.63. The first-order valence-corrected chi connectivity index (χ1v) is 7.98. The predicted molar refractivity (Wildman–Crippen MR) is 86.9 cm³/mol. The second-order valence-electron chi connectivity index (χ2n) is 6.29. The van der Waals surface area contributed by atoms with Gasteiger partial charge in [-0.25, -0.2) is 4.68 Å². The van der Waals surface area contributed by atoms with Crippen LogP contribution in [0.25, 0.3) is 5.69 Å². The average molecular weight is 297 g/mol. The fraction of sp³-hybridized carbons (Fsp3) is 0.444. The van der Waals surface area contributed by atoms with E-state index >= 15 is 0 Å². The summed E-state index contributed by atoms with van der Waals surface area (Å²) in [4.78, 5) is 12.1. The summed E-state index contributed by atoms with van der Waals surface area (Å²) in [5.74, 6) is 0.399. The quantitative estimate of drug-likeness (QED) is 0.939. The summed E-state index contributed by atoms with van der Waals surface area (Å²) in [6, 6.07) is 8.29. The Morgan fingerprint density at radius 1 is 1.27 bits per heavy atom. The van der Waals surface area contributed by atoms with Gasteiger partial charge >= 0.3 is 0 Å². The zero-order valence-corrected chi connectivity index (χ0v) is 13.5. The lowest BCUT2D eigenvalue weighted by Gasteiger charge is -2.26. The molecule has 1 amide bonds. The standard InChI is InChI=1S/C18H23N3O/c1-12-7-9-16(10-8-12)21-14(3)17(11-19-21)13(2)20-18(22)15-5-4-6-15/h7-11,13,15H,4-6H2,1-3H3,(H,20,22)/t13-/m1/s1. The minimum absolute atomic E-state index is 0.00713. The van der Waals surface area contributed by atoms with Crippen LogP contribution in [0.2, 0.25) is 0 Å². The molecule has 0 radical (unpaired) electrons. The Hall–Kier alpha value is -2.10. The van der Waals surface area contributed by atoms with Crippen LogP contribution in [-0.4, -0.2) is 15.7 Å². The SMILES string of the molecule is Cc1ccc(-n2ncc([C@@H](C)NC(=O)C3CCC3)c2C)cc1. The van der Waals surface area contributed by atoms with Crippen LogP contribution in [0, 0.1) is 19.8 Å². The highest BCUT2D eigenvalue weighted by Gasteiger charge is 2.27. The van der Waals surface area contributed by atoms with Gasteiger partial charge in [0.2, 0.25) is 5.91 Å². The number of hydrogen-bond acceptors (Lipinski definition) is 2. The van der Waals surface area contributed by atoms with Gasteiger partial charge in [-0.15, -0.1) is 0 Å². The number of nitrogens with zero attached hydrogens (tertiary/aromatic N) is 2. The maximum Gasteiger partial charge on any atom is 0.223 e. The van der Waals surface area contributed by atoms with Crippen LogP contribution in [0.15, 0.2) is 30.5 Å². The maximum absolute atomic E-state index is 12.1. The van der Waals surface area contributed by atoms with Gasteiger partial charge in [-0.3, -0.25) is 4.79 Å². The van der Waals surface area contributed by atoms with Crippen molar-refractivity contribution in [2.75, 3.05) is 0 Å². The van der Waals surface area contributed by atoms with Gasteiger partial charge in [-0.05, 0) is 45.7 Å². The van der Waals surface area contributed by atoms with Gasteiger partial charge < -0.3 is 5.32 Å². The normalized spacial score (nSPS) is 16.1. The van der Waals surface area contributed by atoms with E-state index in [1.165, 1.54) is 12.0 Å². The maximum atomic E-state index is 12.1. The largest absolute Gasteiger partial charge is 0.349 e. The van der Waals surface area contributed by atoms with Crippen molar-refractivity contribution in [3.63, 3.8) is 0 Å². The zero-order chi connectivity index (χ0) is 15.7. The Morgan fingerprint density at radius 3 is 2.55 bits per heavy atom. The molecule has 116 valence electrons. The van der Waals surface area contributed by atoms with Crippen LogP contribution in [0.1, 0.15) is 49.0 Å². The van der Waals surface area contributed by atoms with Crippen molar-refractivity contribution in [2.45, 2.75) is 46.1 Å². The van der Waals surface area contributed by atoms with E-state index in [1.807, 2.05) is 24.7 Å². The number of rotatable bonds is 4. The van der Waals surface area contributed by atoms with E-state index in [0.29, 0.717) is 0 Å². The molecule has 1 fully saturated rings. The summed E-state index contributed by atoms with van der Waals surface area (Å²) in [5.41, 5.74) is 4.43. The van der Waals surface area contributed by atoms with Crippen LogP contribution < -0.4 is 5.32 Å². The lowest BCUT2D eigenvalue weighted by Crippen LogP contribution is -2.36. The van der Waals surface area contributed by atoms with Crippen LogP contribution in [0.3, 0.4) is 0 Å². The molecule has 1 heterocycles. The number of hydrogen-bond donors (Lipinski definition) is 1. The fourth-order valence-electron chi connectivity index (χ4n) is 2.87. The van der Waals surface area contributed by atoms with Crippen molar-refractivity contribution >= 4 is 5.91 Å². The number of aromatic nitrogens is 2. The van der Waals surface area contributed by atoms with Crippen molar-refractivity contribution in [2.24, 2.45) is 5.92 Å². The first kappa shape index (κ1) is 14.8. The molecule has 0 unspecified atom stereocenters. The monoisotopic (exact) mass is 297 g/mol. The Bertz CT molecular complexity index is 668. The van der Waals surface area contributed by atoms with Gasteiger partial charge in [0.05, 0.1) is 17.9 Å². The number of benzene rings is 1. The summed E-state index contributed by atoms with van der Waals surface area (Å²) in [6.45, 7) is 6.15. The molecular weight excluding hydrogens is 274 g/mol. The second kappa shape index (κ2) is 5.95. The molecule has 1 aromatic heterocycles. The van der Waals surface area contributed by atoms with Gasteiger partial charge in [0.25, 0.3) is 0 Å². The van der Waals surface area contributed by atoms with Crippen LogP contribution >= 0.6 is 0 Å². The van der Waals surface area contributed by atoms with Crippen molar-refractivity contribution in [1.29, 1.82) is 0 Å². The van der Waals surface area contributed by atoms with Crippen molar-refractivity contribution < 1.29 is 4.79 Å². The van der Waals surface area contributed by atoms with Crippen LogP contribution in [0.5, 0.6) is 0 Å². The highest BCUT2D eigenvalue weighted by atomic mass is 16.2. The fourth-order valence-corrected chi connectivity index (χ4v) is 2.87. The molecule has 1 N–H and O–H groups in total. The minimum atomic E-state index is -0.00713. The van der Waals surface area contributed by atoms with Gasteiger partial charge in [0, 0.05) is 17.2 Å². The molecule has 4 heteroatoms. The summed E-state index contributed by atoms with van der Waals surface area (Å²) >= 11 is 0. The number of aryl methyl sites for hydroxylation is 1. The Labute approximate surface area is 131 Å². The lowest BCUT2D eigenvalue weighted by molar-refractivity contribution is -0.128. The van der Waals surface area contributed by atoms with Crippen molar-refractivity contribution in [1.82, 2.24) is 15.1 Å². The molecule has 2 aromatic rings. The van der Waals surface area contributed by atoms with Gasteiger partial charge in [-0.2, -0.15) is 5.10 Å². The third-order valence-corrected chi connectivity index (χ3v) is 4.63. The lowest BCUT2D eigenvalue weighted by atomic mass is 9.84. The van der Waals surface area contributed by atoms with Crippen molar-refractivity contribution in [3.05, 3.63) is 47.3 Å². The Balaban J connectivity index is 1.77. The van der Waals surface area contributed by atoms with Crippen molar-refractivity contribution in [3.8, 4) is 5.69 Å².